The lowest BCUT2D eigenvalue weighted by Crippen LogP contribution is -2.03. The van der Waals surface area contributed by atoms with Gasteiger partial charge in [-0.25, -0.2) is 5.11 Å². The minimum atomic E-state index is -0.125. The van der Waals surface area contributed by atoms with Gasteiger partial charge in [-0.1, -0.05) is 11.3 Å². The van der Waals surface area contributed by atoms with E-state index < -0.39 is 0 Å². The van der Waals surface area contributed by atoms with Gasteiger partial charge in [0.05, 0.1) is 6.61 Å². The van der Waals surface area contributed by atoms with Crippen LogP contribution in [0.15, 0.2) is 5.51 Å². The second-order valence-corrected chi connectivity index (χ2v) is 2.21. The molecule has 0 unspecified atom stereocenters. The van der Waals surface area contributed by atoms with Crippen molar-refractivity contribution in [3.63, 3.8) is 0 Å². The first kappa shape index (κ1) is 6.44. The first-order valence-electron chi connectivity index (χ1n) is 2.51. The van der Waals surface area contributed by atoms with Crippen molar-refractivity contribution in [2.24, 2.45) is 0 Å². The second kappa shape index (κ2) is 3.37. The third-order valence-corrected chi connectivity index (χ3v) is 1.39. The van der Waals surface area contributed by atoms with Crippen molar-refractivity contribution in [1.29, 1.82) is 0 Å². The average Bonchev–Trinajstić information content (AvgIpc) is 2.34. The lowest BCUT2D eigenvalue weighted by molar-refractivity contribution is 0.206. The van der Waals surface area contributed by atoms with Gasteiger partial charge in [-0.05, 0) is 0 Å². The minimum absolute atomic E-state index is 0.125. The fraction of sp³-hybridized carbons (Fsp3) is 0.500. The lowest BCUT2D eigenvalue weighted by atomic mass is 10.7. The SMILES string of the molecule is [O]CCNc1nncs1. The summed E-state index contributed by atoms with van der Waals surface area (Å²) in [5.74, 6) is 0. The number of nitrogens with one attached hydrogen (secondary N) is 1. The number of hydrogen-bond acceptors (Lipinski definition) is 4. The molecule has 49 valence electrons. The van der Waals surface area contributed by atoms with E-state index >= 15 is 0 Å². The Morgan fingerprint density at radius 1 is 1.78 bits per heavy atom. The van der Waals surface area contributed by atoms with E-state index in [4.69, 9.17) is 0 Å². The fourth-order valence-electron chi connectivity index (χ4n) is 0.408. The highest BCUT2D eigenvalue weighted by Gasteiger charge is 1.91. The maximum absolute atomic E-state index is 9.92. The number of anilines is 1. The molecule has 1 rings (SSSR count). The predicted molar refractivity (Wildman–Crippen MR) is 34.0 cm³/mol. The van der Waals surface area contributed by atoms with Crippen molar-refractivity contribution in [2.45, 2.75) is 0 Å². The maximum atomic E-state index is 9.92. The molecule has 0 fully saturated rings. The summed E-state index contributed by atoms with van der Waals surface area (Å²) in [7, 11) is 0. The van der Waals surface area contributed by atoms with Crippen LogP contribution in [0.25, 0.3) is 0 Å². The van der Waals surface area contributed by atoms with Crippen molar-refractivity contribution in [1.82, 2.24) is 10.2 Å². The zero-order chi connectivity index (χ0) is 6.53. The van der Waals surface area contributed by atoms with E-state index in [1.807, 2.05) is 0 Å². The smallest absolute Gasteiger partial charge is 0.205 e. The quantitative estimate of drug-likeness (QED) is 0.667. The Kier molecular flexibility index (Phi) is 2.41. The van der Waals surface area contributed by atoms with Crippen LogP contribution in [-0.4, -0.2) is 23.3 Å². The molecule has 0 amide bonds. The average molecular weight is 144 g/mol. The molecule has 0 aliphatic heterocycles. The molecule has 5 heteroatoms. The molecule has 0 saturated heterocycles. The van der Waals surface area contributed by atoms with E-state index in [0.29, 0.717) is 11.7 Å². The molecule has 0 aliphatic rings. The normalized spacial score (nSPS) is 9.44. The molecule has 4 nitrogen and oxygen atoms in total. The molecule has 1 heterocycles. The topological polar surface area (TPSA) is 57.7 Å². The summed E-state index contributed by atoms with van der Waals surface area (Å²) in [6.45, 7) is 0.300. The third kappa shape index (κ3) is 1.95. The monoisotopic (exact) mass is 144 g/mol. The highest BCUT2D eigenvalue weighted by atomic mass is 32.1. The zero-order valence-electron chi connectivity index (χ0n) is 4.70. The molecule has 1 radical (unpaired) electrons. The van der Waals surface area contributed by atoms with Crippen LogP contribution in [0.3, 0.4) is 0 Å². The van der Waals surface area contributed by atoms with Crippen LogP contribution in [0.4, 0.5) is 5.13 Å². The van der Waals surface area contributed by atoms with Crippen LogP contribution in [0, 0.1) is 0 Å². The van der Waals surface area contributed by atoms with Crippen molar-refractivity contribution < 1.29 is 5.11 Å². The minimum Gasteiger partial charge on any atom is -0.358 e. The first-order valence-corrected chi connectivity index (χ1v) is 3.39. The Morgan fingerprint density at radius 2 is 2.67 bits per heavy atom. The maximum Gasteiger partial charge on any atom is 0.205 e. The Labute approximate surface area is 56.6 Å². The molecular weight excluding hydrogens is 138 g/mol. The lowest BCUT2D eigenvalue weighted by Gasteiger charge is -1.92. The number of aromatic nitrogens is 2. The predicted octanol–water partition coefficient (Wildman–Crippen LogP) is 0.380. The van der Waals surface area contributed by atoms with Gasteiger partial charge in [-0.3, -0.25) is 0 Å². The largest absolute Gasteiger partial charge is 0.358 e. The Balaban J connectivity index is 2.30. The molecule has 0 aliphatic carbocycles. The first-order chi connectivity index (χ1) is 4.43. The van der Waals surface area contributed by atoms with Gasteiger partial charge >= 0.3 is 0 Å². The van der Waals surface area contributed by atoms with Gasteiger partial charge in [-0.15, -0.1) is 10.2 Å². The summed E-state index contributed by atoms with van der Waals surface area (Å²) < 4.78 is 0. The van der Waals surface area contributed by atoms with E-state index in [1.54, 1.807) is 5.51 Å². The van der Waals surface area contributed by atoms with E-state index in [9.17, 15) is 5.11 Å². The standard InChI is InChI=1S/C4H6N3OS/c8-2-1-5-4-7-6-3-9-4/h3H,1-2H2,(H,5,7). The van der Waals surface area contributed by atoms with Gasteiger partial charge in [0.15, 0.2) is 0 Å². The summed E-state index contributed by atoms with van der Waals surface area (Å²) in [4.78, 5) is 0. The molecule has 1 N–H and O–H groups in total. The molecule has 1 aromatic rings. The van der Waals surface area contributed by atoms with Crippen molar-refractivity contribution in [3.05, 3.63) is 5.51 Å². The molecule has 9 heavy (non-hydrogen) atoms. The van der Waals surface area contributed by atoms with Gasteiger partial charge in [0.25, 0.3) is 0 Å². The Bertz CT molecular complexity index is 153. The molecular formula is C4H6N3OS. The Hall–Kier alpha value is -0.680. The number of rotatable bonds is 3. The van der Waals surface area contributed by atoms with Crippen LogP contribution in [0.5, 0.6) is 0 Å². The van der Waals surface area contributed by atoms with Crippen LogP contribution < -0.4 is 5.32 Å². The van der Waals surface area contributed by atoms with Gasteiger partial charge in [-0.2, -0.15) is 0 Å². The molecule has 0 bridgehead atoms. The second-order valence-electron chi connectivity index (χ2n) is 1.37. The van der Waals surface area contributed by atoms with Gasteiger partial charge in [0.1, 0.15) is 5.51 Å². The van der Waals surface area contributed by atoms with Gasteiger partial charge < -0.3 is 5.32 Å². The highest BCUT2D eigenvalue weighted by Crippen LogP contribution is 2.06. The van der Waals surface area contributed by atoms with E-state index in [2.05, 4.69) is 15.5 Å². The zero-order valence-corrected chi connectivity index (χ0v) is 5.52. The van der Waals surface area contributed by atoms with Crippen molar-refractivity contribution >= 4 is 16.5 Å². The molecule has 0 saturated carbocycles. The molecule has 0 spiro atoms. The number of nitrogens with zero attached hydrogens (tertiary/aromatic N) is 2. The van der Waals surface area contributed by atoms with E-state index in [1.165, 1.54) is 11.3 Å². The van der Waals surface area contributed by atoms with Crippen molar-refractivity contribution in [3.8, 4) is 0 Å². The number of hydrogen-bond donors (Lipinski definition) is 1. The van der Waals surface area contributed by atoms with E-state index in [-0.39, 0.29) is 6.61 Å². The fourth-order valence-corrected chi connectivity index (χ4v) is 0.882. The van der Waals surface area contributed by atoms with Gasteiger partial charge in [0.2, 0.25) is 5.13 Å². The van der Waals surface area contributed by atoms with Crippen LogP contribution >= 0.6 is 11.3 Å². The summed E-state index contributed by atoms with van der Waals surface area (Å²) >= 11 is 1.39. The summed E-state index contributed by atoms with van der Waals surface area (Å²) in [5.41, 5.74) is 1.62. The third-order valence-electron chi connectivity index (χ3n) is 0.738. The molecule has 0 atom stereocenters. The van der Waals surface area contributed by atoms with Gasteiger partial charge in [0, 0.05) is 6.54 Å². The summed E-state index contributed by atoms with van der Waals surface area (Å²) in [6.07, 6.45) is 0. The van der Waals surface area contributed by atoms with Crippen molar-refractivity contribution in [2.75, 3.05) is 18.5 Å². The van der Waals surface area contributed by atoms with E-state index in [0.717, 1.165) is 0 Å². The van der Waals surface area contributed by atoms with Crippen LogP contribution in [0.1, 0.15) is 0 Å². The summed E-state index contributed by atoms with van der Waals surface area (Å²) in [6, 6.07) is 0. The Morgan fingerprint density at radius 3 is 3.22 bits per heavy atom. The molecule has 1 aromatic heterocycles. The van der Waals surface area contributed by atoms with Crippen LogP contribution in [-0.2, 0) is 5.11 Å². The highest BCUT2D eigenvalue weighted by molar-refractivity contribution is 7.13. The summed E-state index contributed by atoms with van der Waals surface area (Å²) in [5, 5.41) is 20.7. The molecule has 0 aromatic carbocycles. The van der Waals surface area contributed by atoms with Crippen LogP contribution in [0.2, 0.25) is 0 Å².